The first-order chi connectivity index (χ1) is 7.45. The lowest BCUT2D eigenvalue weighted by molar-refractivity contribution is 0.0205. The first kappa shape index (κ1) is 12.0. The van der Waals surface area contributed by atoms with Gasteiger partial charge in [0.05, 0.1) is 12.1 Å². The van der Waals surface area contributed by atoms with Gasteiger partial charge in [-0.05, 0) is 50.5 Å². The zero-order valence-electron chi connectivity index (χ0n) is 9.74. The van der Waals surface area contributed by atoms with E-state index in [4.69, 9.17) is 16.0 Å². The first-order valence-electron chi connectivity index (χ1n) is 5.64. The van der Waals surface area contributed by atoms with E-state index in [1.807, 2.05) is 19.9 Å². The predicted octanol–water partition coefficient (Wildman–Crippen LogP) is 2.53. The van der Waals surface area contributed by atoms with Gasteiger partial charge >= 0.3 is 0 Å². The van der Waals surface area contributed by atoms with Crippen LogP contribution in [0.25, 0.3) is 0 Å². The Balaban J connectivity index is 1.90. The maximum absolute atomic E-state index is 9.93. The van der Waals surface area contributed by atoms with Crippen LogP contribution in [0.15, 0.2) is 16.5 Å². The average Bonchev–Trinajstić information content (AvgIpc) is 2.74. The maximum Gasteiger partial charge on any atom is 0.193 e. The third kappa shape index (κ3) is 2.78. The van der Waals surface area contributed by atoms with E-state index in [1.54, 1.807) is 6.07 Å². The van der Waals surface area contributed by atoms with E-state index in [1.165, 1.54) is 0 Å². The van der Waals surface area contributed by atoms with Gasteiger partial charge in [0, 0.05) is 12.5 Å². The number of halogens is 1. The SMILES string of the molecule is CC(C)(O)C1CCN(Cc2ccc(Cl)o2)C1. The zero-order valence-corrected chi connectivity index (χ0v) is 10.5. The van der Waals surface area contributed by atoms with E-state index in [0.29, 0.717) is 11.1 Å². The van der Waals surface area contributed by atoms with E-state index in [9.17, 15) is 5.11 Å². The fourth-order valence-electron chi connectivity index (χ4n) is 2.21. The summed E-state index contributed by atoms with van der Waals surface area (Å²) in [7, 11) is 0. The molecule has 2 heterocycles. The Kier molecular flexibility index (Phi) is 3.29. The van der Waals surface area contributed by atoms with Gasteiger partial charge in [0.25, 0.3) is 0 Å². The number of aliphatic hydroxyl groups is 1. The summed E-state index contributed by atoms with van der Waals surface area (Å²) < 4.78 is 5.33. The van der Waals surface area contributed by atoms with Crippen molar-refractivity contribution in [2.45, 2.75) is 32.4 Å². The van der Waals surface area contributed by atoms with Crippen LogP contribution in [0.5, 0.6) is 0 Å². The molecule has 3 nitrogen and oxygen atoms in total. The minimum absolute atomic E-state index is 0.345. The van der Waals surface area contributed by atoms with E-state index in [-0.39, 0.29) is 0 Å². The van der Waals surface area contributed by atoms with Crippen LogP contribution in [0.3, 0.4) is 0 Å². The molecule has 0 saturated carbocycles. The molecule has 1 fully saturated rings. The molecule has 90 valence electrons. The normalized spacial score (nSPS) is 22.9. The average molecular weight is 244 g/mol. The molecule has 1 aromatic heterocycles. The van der Waals surface area contributed by atoms with Crippen LogP contribution in [0.2, 0.25) is 5.22 Å². The van der Waals surface area contributed by atoms with Gasteiger partial charge in [-0.15, -0.1) is 0 Å². The molecule has 0 aliphatic carbocycles. The fourth-order valence-corrected chi connectivity index (χ4v) is 2.37. The van der Waals surface area contributed by atoms with Crippen molar-refractivity contribution in [1.82, 2.24) is 4.90 Å². The van der Waals surface area contributed by atoms with E-state index >= 15 is 0 Å². The van der Waals surface area contributed by atoms with Gasteiger partial charge in [-0.1, -0.05) is 0 Å². The van der Waals surface area contributed by atoms with Crippen LogP contribution < -0.4 is 0 Å². The van der Waals surface area contributed by atoms with Crippen LogP contribution in [-0.4, -0.2) is 28.7 Å². The van der Waals surface area contributed by atoms with Crippen LogP contribution in [0.4, 0.5) is 0 Å². The summed E-state index contributed by atoms with van der Waals surface area (Å²) in [6, 6.07) is 3.67. The summed E-state index contributed by atoms with van der Waals surface area (Å²) in [5.41, 5.74) is -0.588. The lowest BCUT2D eigenvalue weighted by Crippen LogP contribution is -2.33. The quantitative estimate of drug-likeness (QED) is 0.886. The summed E-state index contributed by atoms with van der Waals surface area (Å²) in [6.07, 6.45) is 1.04. The molecular weight excluding hydrogens is 226 g/mol. The highest BCUT2D eigenvalue weighted by atomic mass is 35.5. The molecule has 1 atom stereocenters. The highest BCUT2D eigenvalue weighted by Crippen LogP contribution is 2.28. The highest BCUT2D eigenvalue weighted by molar-refractivity contribution is 6.28. The summed E-state index contributed by atoms with van der Waals surface area (Å²) in [5.74, 6) is 1.24. The molecule has 1 unspecified atom stereocenters. The van der Waals surface area contributed by atoms with Gasteiger partial charge in [0.1, 0.15) is 5.76 Å². The molecular formula is C12H18ClNO2. The van der Waals surface area contributed by atoms with Gasteiger partial charge in [-0.25, -0.2) is 0 Å². The molecule has 0 spiro atoms. The van der Waals surface area contributed by atoms with Gasteiger partial charge in [-0.3, -0.25) is 4.90 Å². The smallest absolute Gasteiger partial charge is 0.193 e. The molecule has 1 aromatic rings. The molecule has 0 radical (unpaired) electrons. The second-order valence-electron chi connectivity index (χ2n) is 5.08. The molecule has 1 saturated heterocycles. The lowest BCUT2D eigenvalue weighted by Gasteiger charge is -2.25. The minimum atomic E-state index is -0.588. The third-order valence-electron chi connectivity index (χ3n) is 3.28. The molecule has 4 heteroatoms. The topological polar surface area (TPSA) is 36.6 Å². The molecule has 1 N–H and O–H groups in total. The zero-order chi connectivity index (χ0) is 11.8. The van der Waals surface area contributed by atoms with Crippen LogP contribution in [0, 0.1) is 5.92 Å². The van der Waals surface area contributed by atoms with Crippen LogP contribution in [0.1, 0.15) is 26.0 Å². The summed E-state index contributed by atoms with van der Waals surface area (Å²) in [5, 5.41) is 10.4. The molecule has 0 bridgehead atoms. The molecule has 16 heavy (non-hydrogen) atoms. The standard InChI is InChI=1S/C12H18ClNO2/c1-12(2,15)9-5-6-14(7-9)8-10-3-4-11(13)16-10/h3-4,9,15H,5-8H2,1-2H3. The largest absolute Gasteiger partial charge is 0.448 e. The van der Waals surface area contributed by atoms with Crippen molar-refractivity contribution in [3.05, 3.63) is 23.1 Å². The number of likely N-dealkylation sites (tertiary alicyclic amines) is 1. The summed E-state index contributed by atoms with van der Waals surface area (Å²) in [6.45, 7) is 6.46. The Labute approximate surface area is 101 Å². The Morgan fingerprint density at radius 3 is 2.81 bits per heavy atom. The molecule has 0 aromatic carbocycles. The van der Waals surface area contributed by atoms with E-state index in [2.05, 4.69) is 4.90 Å². The molecule has 0 amide bonds. The fraction of sp³-hybridized carbons (Fsp3) is 0.667. The van der Waals surface area contributed by atoms with E-state index < -0.39 is 5.60 Å². The minimum Gasteiger partial charge on any atom is -0.448 e. The Morgan fingerprint density at radius 1 is 1.56 bits per heavy atom. The van der Waals surface area contributed by atoms with Crippen molar-refractivity contribution in [3.63, 3.8) is 0 Å². The number of hydrogen-bond donors (Lipinski definition) is 1. The number of furan rings is 1. The van der Waals surface area contributed by atoms with Crippen molar-refractivity contribution in [2.75, 3.05) is 13.1 Å². The number of rotatable bonds is 3. The Hall–Kier alpha value is -0.510. The monoisotopic (exact) mass is 243 g/mol. The van der Waals surface area contributed by atoms with Crippen molar-refractivity contribution in [2.24, 2.45) is 5.92 Å². The third-order valence-corrected chi connectivity index (χ3v) is 3.48. The maximum atomic E-state index is 9.93. The second kappa shape index (κ2) is 4.40. The lowest BCUT2D eigenvalue weighted by atomic mass is 9.90. The van der Waals surface area contributed by atoms with Gasteiger partial charge in [0.2, 0.25) is 0 Å². The van der Waals surface area contributed by atoms with Crippen LogP contribution >= 0.6 is 11.6 Å². The van der Waals surface area contributed by atoms with Gasteiger partial charge in [0.15, 0.2) is 5.22 Å². The van der Waals surface area contributed by atoms with Crippen molar-refractivity contribution in [1.29, 1.82) is 0 Å². The summed E-state index contributed by atoms with van der Waals surface area (Å²) >= 11 is 5.72. The van der Waals surface area contributed by atoms with Gasteiger partial charge in [-0.2, -0.15) is 0 Å². The second-order valence-corrected chi connectivity index (χ2v) is 5.45. The molecule has 1 aliphatic rings. The van der Waals surface area contributed by atoms with Crippen molar-refractivity contribution >= 4 is 11.6 Å². The number of hydrogen-bond acceptors (Lipinski definition) is 3. The molecule has 2 rings (SSSR count). The first-order valence-corrected chi connectivity index (χ1v) is 6.02. The van der Waals surface area contributed by atoms with Gasteiger partial charge < -0.3 is 9.52 Å². The predicted molar refractivity (Wildman–Crippen MR) is 63.4 cm³/mol. The molecule has 1 aliphatic heterocycles. The Morgan fingerprint density at radius 2 is 2.31 bits per heavy atom. The highest BCUT2D eigenvalue weighted by Gasteiger charge is 2.33. The Bertz CT molecular complexity index is 356. The summed E-state index contributed by atoms with van der Waals surface area (Å²) in [4.78, 5) is 2.29. The van der Waals surface area contributed by atoms with Crippen molar-refractivity contribution in [3.8, 4) is 0 Å². The number of nitrogens with zero attached hydrogens (tertiary/aromatic N) is 1. The van der Waals surface area contributed by atoms with Crippen LogP contribution in [-0.2, 0) is 6.54 Å². The van der Waals surface area contributed by atoms with E-state index in [0.717, 1.165) is 31.8 Å². The van der Waals surface area contributed by atoms with Crippen molar-refractivity contribution < 1.29 is 9.52 Å².